The molecule has 0 amide bonds. The number of hydrogen-bond donors (Lipinski definition) is 0. The molecular weight excluding hydrogens is 676 g/mol. The molecule has 1 heterocycles. The number of carbonyl (C=O) groups excluding carboxylic acids is 3. The summed E-state index contributed by atoms with van der Waals surface area (Å²) in [6.07, 6.45) is 6.75. The van der Waals surface area contributed by atoms with Crippen molar-refractivity contribution in [3.63, 3.8) is 0 Å². The lowest BCUT2D eigenvalue weighted by atomic mass is 9.38. The Balaban J connectivity index is 1.08. The normalized spacial score (nSPS) is 32.3. The van der Waals surface area contributed by atoms with E-state index in [-0.39, 0.29) is 19.1 Å². The third-order valence-corrected chi connectivity index (χ3v) is 12.3. The van der Waals surface area contributed by atoms with Crippen LogP contribution in [0.25, 0.3) is 11.8 Å². The SMILES string of the molecule is COC(=O)/C=C/c1ccc(/C(OC)=C2/C3CC4CC5CC2C45C3)c(Cl)c1OCc1ccc(O[C@H]2C[C@@H](OC(C)=O)[C@@H](C)[C@@H](COC(C)=O)O2)cc1. The Morgan fingerprint density at radius 2 is 1.73 bits per heavy atom. The van der Waals surface area contributed by atoms with Crippen molar-refractivity contribution in [3.05, 3.63) is 69.8 Å². The molecule has 51 heavy (non-hydrogen) atoms. The zero-order chi connectivity index (χ0) is 36.0. The van der Waals surface area contributed by atoms with Gasteiger partial charge in [-0.25, -0.2) is 4.79 Å². The molecule has 9 atom stereocenters. The van der Waals surface area contributed by atoms with Gasteiger partial charge in [0.05, 0.1) is 19.2 Å². The van der Waals surface area contributed by atoms with E-state index in [4.69, 9.17) is 44.8 Å². The van der Waals surface area contributed by atoms with Crippen LogP contribution >= 0.6 is 11.6 Å². The summed E-state index contributed by atoms with van der Waals surface area (Å²) in [5.74, 6) is 3.18. The van der Waals surface area contributed by atoms with E-state index in [1.165, 1.54) is 58.3 Å². The Morgan fingerprint density at radius 1 is 0.961 bits per heavy atom. The maximum atomic E-state index is 12.0. The first-order valence-electron chi connectivity index (χ1n) is 17.7. The minimum atomic E-state index is -0.723. The van der Waals surface area contributed by atoms with E-state index < -0.39 is 36.4 Å². The largest absolute Gasteiger partial charge is 0.496 e. The Bertz CT molecular complexity index is 1750. The van der Waals surface area contributed by atoms with Crippen LogP contribution in [0, 0.1) is 35.0 Å². The van der Waals surface area contributed by atoms with Crippen molar-refractivity contribution < 1.29 is 47.5 Å². The standard InChI is InChI=1S/C40H45ClO10/c1-21-32(49-23(3)43)17-35(51-33(21)20-47-22(2)42)50-29-10-6-24(7-11-29)19-48-38-25(9-13-34(44)45-4)8-12-30(37(38)41)39(46-5)36-26-14-27-15-28-16-31(36)40(27,28)18-26/h6-13,21,26-28,31-33,35H,14-20H2,1-5H3/b13-9+,39-36+/t21-,26?,27?,28?,31?,32-,33-,35-,40?/m1/s1. The number of fused-ring (bicyclic) bond motifs is 1. The number of allylic oxidation sites excluding steroid dienone is 1. The van der Waals surface area contributed by atoms with Gasteiger partial charge in [0.1, 0.15) is 42.7 Å². The summed E-state index contributed by atoms with van der Waals surface area (Å²) in [5.41, 5.74) is 4.19. The van der Waals surface area contributed by atoms with Gasteiger partial charge in [-0.15, -0.1) is 0 Å². The summed E-state index contributed by atoms with van der Waals surface area (Å²) >= 11 is 7.18. The third-order valence-electron chi connectivity index (χ3n) is 11.9. The quantitative estimate of drug-likeness (QED) is 0.0969. The highest BCUT2D eigenvalue weighted by Crippen LogP contribution is 2.83. The van der Waals surface area contributed by atoms with Crippen molar-refractivity contribution in [1.82, 2.24) is 0 Å². The average molecular weight is 721 g/mol. The molecule has 11 heteroatoms. The van der Waals surface area contributed by atoms with Gasteiger partial charge in [-0.3, -0.25) is 9.59 Å². The van der Waals surface area contributed by atoms with E-state index in [2.05, 4.69) is 0 Å². The van der Waals surface area contributed by atoms with Gasteiger partial charge in [-0.2, -0.15) is 0 Å². The van der Waals surface area contributed by atoms with Crippen LogP contribution in [0.5, 0.6) is 11.5 Å². The molecule has 1 aliphatic heterocycles. The Kier molecular flexibility index (Phi) is 9.84. The molecule has 1 spiro atoms. The Hall–Kier alpha value is -4.02. The van der Waals surface area contributed by atoms with Crippen LogP contribution in [0.15, 0.2) is 48.0 Å². The molecule has 0 N–H and O–H groups in total. The highest BCUT2D eigenvalue weighted by molar-refractivity contribution is 6.34. The van der Waals surface area contributed by atoms with E-state index in [0.29, 0.717) is 45.8 Å². The van der Waals surface area contributed by atoms with Crippen molar-refractivity contribution in [2.24, 2.45) is 35.0 Å². The molecule has 2 bridgehead atoms. The molecule has 5 aliphatic rings. The summed E-state index contributed by atoms with van der Waals surface area (Å²) in [4.78, 5) is 35.2. The lowest BCUT2D eigenvalue weighted by Crippen LogP contribution is -2.60. The molecule has 4 aliphatic carbocycles. The highest BCUT2D eigenvalue weighted by atomic mass is 35.5. The number of methoxy groups -OCH3 is 2. The number of rotatable bonds is 12. The molecule has 7 rings (SSSR count). The summed E-state index contributed by atoms with van der Waals surface area (Å²) in [5, 5.41) is 0.432. The first-order chi connectivity index (χ1) is 24.5. The zero-order valence-electron chi connectivity index (χ0n) is 29.6. The van der Waals surface area contributed by atoms with Crippen molar-refractivity contribution in [1.29, 1.82) is 0 Å². The molecule has 0 aromatic heterocycles. The summed E-state index contributed by atoms with van der Waals surface area (Å²) in [7, 11) is 3.05. The molecule has 0 radical (unpaired) electrons. The van der Waals surface area contributed by atoms with Gasteiger partial charge in [0, 0.05) is 43.4 Å². The second kappa shape index (κ2) is 14.2. The second-order valence-electron chi connectivity index (χ2n) is 14.6. The maximum Gasteiger partial charge on any atom is 0.330 e. The lowest BCUT2D eigenvalue weighted by Gasteiger charge is -2.66. The fraction of sp³-hybridized carbons (Fsp3) is 0.525. The predicted molar refractivity (Wildman–Crippen MR) is 187 cm³/mol. The minimum Gasteiger partial charge on any atom is -0.496 e. The van der Waals surface area contributed by atoms with Gasteiger partial charge in [-0.1, -0.05) is 36.7 Å². The lowest BCUT2D eigenvalue weighted by molar-refractivity contribution is -0.220. The van der Waals surface area contributed by atoms with E-state index >= 15 is 0 Å². The van der Waals surface area contributed by atoms with Crippen molar-refractivity contribution in [2.45, 2.75) is 78.0 Å². The number of halogens is 1. The Morgan fingerprint density at radius 3 is 2.39 bits per heavy atom. The van der Waals surface area contributed by atoms with Gasteiger partial charge in [0.2, 0.25) is 6.29 Å². The van der Waals surface area contributed by atoms with Gasteiger partial charge in [-0.05, 0) is 90.2 Å². The molecule has 2 aromatic rings. The molecular formula is C40H45ClO10. The number of benzene rings is 2. The second-order valence-corrected chi connectivity index (χ2v) is 14.9. The predicted octanol–water partition coefficient (Wildman–Crippen LogP) is 7.15. The molecule has 5 unspecified atom stereocenters. The van der Waals surface area contributed by atoms with Crippen LogP contribution in [0.2, 0.25) is 5.02 Å². The van der Waals surface area contributed by atoms with E-state index in [0.717, 1.165) is 28.7 Å². The molecule has 5 fully saturated rings. The van der Waals surface area contributed by atoms with Crippen molar-refractivity contribution in [3.8, 4) is 11.5 Å². The summed E-state index contributed by atoms with van der Waals surface area (Å²) in [6, 6.07) is 11.2. The number of hydrogen-bond acceptors (Lipinski definition) is 10. The summed E-state index contributed by atoms with van der Waals surface area (Å²) < 4.78 is 40.3. The monoisotopic (exact) mass is 720 g/mol. The first kappa shape index (κ1) is 35.4. The van der Waals surface area contributed by atoms with Crippen LogP contribution in [0.3, 0.4) is 0 Å². The average Bonchev–Trinajstić information content (AvgIpc) is 3.60. The van der Waals surface area contributed by atoms with Crippen LogP contribution in [-0.2, 0) is 44.7 Å². The number of esters is 3. The summed E-state index contributed by atoms with van der Waals surface area (Å²) in [6.45, 7) is 4.80. The zero-order valence-corrected chi connectivity index (χ0v) is 30.4. The maximum absolute atomic E-state index is 12.0. The fourth-order valence-electron chi connectivity index (χ4n) is 9.57. The van der Waals surface area contributed by atoms with E-state index in [1.54, 1.807) is 25.3 Å². The number of ether oxygens (including phenoxy) is 7. The molecule has 4 saturated carbocycles. The van der Waals surface area contributed by atoms with Crippen molar-refractivity contribution >= 4 is 41.3 Å². The van der Waals surface area contributed by atoms with Gasteiger partial charge < -0.3 is 33.2 Å². The van der Waals surface area contributed by atoms with Gasteiger partial charge in [0.15, 0.2) is 0 Å². The van der Waals surface area contributed by atoms with E-state index in [1.807, 2.05) is 31.2 Å². The molecule has 1 saturated heterocycles. The minimum absolute atomic E-state index is 0.0246. The Labute approximate surface area is 303 Å². The van der Waals surface area contributed by atoms with Gasteiger partial charge in [0.25, 0.3) is 0 Å². The van der Waals surface area contributed by atoms with Crippen LogP contribution in [0.1, 0.15) is 69.6 Å². The van der Waals surface area contributed by atoms with Gasteiger partial charge >= 0.3 is 17.9 Å². The van der Waals surface area contributed by atoms with Crippen LogP contribution < -0.4 is 9.47 Å². The van der Waals surface area contributed by atoms with Crippen LogP contribution in [0.4, 0.5) is 0 Å². The highest BCUT2D eigenvalue weighted by Gasteiger charge is 2.75. The molecule has 2 aromatic carbocycles. The fourth-order valence-corrected chi connectivity index (χ4v) is 9.88. The first-order valence-corrected chi connectivity index (χ1v) is 18.1. The smallest absolute Gasteiger partial charge is 0.330 e. The molecule has 272 valence electrons. The van der Waals surface area contributed by atoms with Crippen molar-refractivity contribution in [2.75, 3.05) is 20.8 Å². The van der Waals surface area contributed by atoms with E-state index in [9.17, 15) is 14.4 Å². The molecule has 10 nitrogen and oxygen atoms in total. The third kappa shape index (κ3) is 6.50. The van der Waals surface area contributed by atoms with Crippen LogP contribution in [-0.4, -0.2) is 57.2 Å². The topological polar surface area (TPSA) is 116 Å². The number of carbonyl (C=O) groups is 3.